The number of hydrogen-bond donors (Lipinski definition) is 0. The predicted octanol–water partition coefficient (Wildman–Crippen LogP) is 0.462. The van der Waals surface area contributed by atoms with E-state index >= 15 is 0 Å². The predicted molar refractivity (Wildman–Crippen MR) is 40.1 cm³/mol. The molecule has 0 aromatic carbocycles. The van der Waals surface area contributed by atoms with Crippen LogP contribution in [0.3, 0.4) is 0 Å². The molecular weight excluding hydrogens is 210 g/mol. The largest absolute Gasteiger partial charge is 0.478 e. The highest BCUT2D eigenvalue weighted by Gasteiger charge is 2.26. The first-order valence-electron chi connectivity index (χ1n) is 3.62. The van der Waals surface area contributed by atoms with Crippen LogP contribution in [-0.4, -0.2) is 25.5 Å². The van der Waals surface area contributed by atoms with Crippen LogP contribution in [0.25, 0.3) is 0 Å². The van der Waals surface area contributed by atoms with Crippen molar-refractivity contribution in [2.45, 2.75) is 6.92 Å². The lowest BCUT2D eigenvalue weighted by Crippen LogP contribution is -1.93. The zero-order valence-corrected chi connectivity index (χ0v) is 7.28. The summed E-state index contributed by atoms with van der Waals surface area (Å²) >= 11 is 0. The van der Waals surface area contributed by atoms with Crippen molar-refractivity contribution in [3.05, 3.63) is 15.8 Å². The second-order valence-electron chi connectivity index (χ2n) is 2.41. The van der Waals surface area contributed by atoms with E-state index in [1.807, 2.05) is 0 Å². The van der Waals surface area contributed by atoms with Gasteiger partial charge in [-0.15, -0.1) is 4.63 Å². The van der Waals surface area contributed by atoms with Crippen molar-refractivity contribution in [2.24, 2.45) is 0 Å². The van der Waals surface area contributed by atoms with E-state index in [9.17, 15) is 10.1 Å². The Kier molecular flexibility index (Phi) is 2.00. The Bertz CT molecular complexity index is 489. The molecule has 0 unspecified atom stereocenters. The van der Waals surface area contributed by atoms with Crippen molar-refractivity contribution in [1.82, 2.24) is 20.6 Å². The molecule has 0 bridgehead atoms. The van der Waals surface area contributed by atoms with E-state index < -0.39 is 16.6 Å². The van der Waals surface area contributed by atoms with Gasteiger partial charge in [-0.05, 0) is 17.0 Å². The molecule has 0 radical (unpaired) electrons. The van der Waals surface area contributed by atoms with Crippen LogP contribution in [0.2, 0.25) is 0 Å². The van der Waals surface area contributed by atoms with Gasteiger partial charge >= 0.3 is 11.7 Å². The van der Waals surface area contributed by atoms with E-state index in [-0.39, 0.29) is 5.88 Å². The fourth-order valence-electron chi connectivity index (χ4n) is 0.760. The Balaban J connectivity index is 2.28. The number of nitro groups is 1. The highest BCUT2D eigenvalue weighted by molar-refractivity contribution is 5.32. The third-order valence-corrected chi connectivity index (χ3v) is 1.42. The number of rotatable bonds is 3. The van der Waals surface area contributed by atoms with Crippen LogP contribution in [0.15, 0.2) is 9.26 Å². The third-order valence-electron chi connectivity index (χ3n) is 1.42. The van der Waals surface area contributed by atoms with Crippen molar-refractivity contribution in [3.8, 4) is 11.8 Å². The molecule has 78 valence electrons. The minimum absolute atomic E-state index is 0.0335. The molecule has 2 aromatic rings. The van der Waals surface area contributed by atoms with Crippen molar-refractivity contribution in [1.29, 1.82) is 0 Å². The Morgan fingerprint density at radius 1 is 1.20 bits per heavy atom. The van der Waals surface area contributed by atoms with Gasteiger partial charge in [-0.2, -0.15) is 0 Å². The first-order valence-corrected chi connectivity index (χ1v) is 3.62. The highest BCUT2D eigenvalue weighted by Crippen LogP contribution is 2.26. The smallest absolute Gasteiger partial charge is 0.406 e. The van der Waals surface area contributed by atoms with Gasteiger partial charge in [0.15, 0.2) is 5.16 Å². The van der Waals surface area contributed by atoms with Crippen molar-refractivity contribution < 1.29 is 18.9 Å². The van der Waals surface area contributed by atoms with E-state index in [0.717, 1.165) is 0 Å². The molecule has 0 N–H and O–H groups in total. The van der Waals surface area contributed by atoms with Gasteiger partial charge in [-0.25, -0.2) is 4.63 Å². The molecule has 2 rings (SSSR count). The summed E-state index contributed by atoms with van der Waals surface area (Å²) in [6.07, 6.45) is 0. The number of nitrogens with zero attached hydrogens (tertiary/aromatic N) is 5. The number of ether oxygens (including phenoxy) is 1. The molecule has 10 heteroatoms. The van der Waals surface area contributed by atoms with Crippen LogP contribution < -0.4 is 4.74 Å². The van der Waals surface area contributed by atoms with E-state index in [1.54, 1.807) is 6.92 Å². The summed E-state index contributed by atoms with van der Waals surface area (Å²) in [7, 11) is 0. The maximum absolute atomic E-state index is 10.4. The maximum Gasteiger partial charge on any atom is 0.478 e. The van der Waals surface area contributed by atoms with Gasteiger partial charge in [0, 0.05) is 5.16 Å². The van der Waals surface area contributed by atoms with Crippen molar-refractivity contribution in [2.75, 3.05) is 0 Å². The second kappa shape index (κ2) is 3.32. The molecule has 0 aliphatic rings. The Morgan fingerprint density at radius 2 is 1.87 bits per heavy atom. The molecule has 10 nitrogen and oxygen atoms in total. The SMILES string of the molecule is Cc1nonc1Oc1nonc1[N+](=O)[O-]. The third kappa shape index (κ3) is 1.59. The molecule has 0 aliphatic heterocycles. The fraction of sp³-hybridized carbons (Fsp3) is 0.200. The van der Waals surface area contributed by atoms with Gasteiger partial charge in [0.05, 0.1) is 0 Å². The quantitative estimate of drug-likeness (QED) is 0.526. The summed E-state index contributed by atoms with van der Waals surface area (Å²) in [5.74, 6) is -1.08. The first-order chi connectivity index (χ1) is 7.18. The van der Waals surface area contributed by atoms with Crippen LogP contribution in [0.1, 0.15) is 5.69 Å². The standard InChI is InChI=1S/C5H3N5O5/c1-2-4(8-14-6-2)13-5-3(10(11)12)7-15-9-5/h1H3. The lowest BCUT2D eigenvalue weighted by Gasteiger charge is -1.93. The van der Waals surface area contributed by atoms with Crippen molar-refractivity contribution >= 4 is 5.82 Å². The Hall–Kier alpha value is -2.52. The van der Waals surface area contributed by atoms with Gasteiger partial charge in [0.25, 0.3) is 5.88 Å². The van der Waals surface area contributed by atoms with Gasteiger partial charge in [-0.3, -0.25) is 0 Å². The first kappa shape index (κ1) is 9.05. The van der Waals surface area contributed by atoms with E-state index in [2.05, 4.69) is 29.9 Å². The van der Waals surface area contributed by atoms with Crippen LogP contribution >= 0.6 is 0 Å². The van der Waals surface area contributed by atoms with Gasteiger partial charge in [0.1, 0.15) is 5.69 Å². The summed E-state index contributed by atoms with van der Waals surface area (Å²) in [5, 5.41) is 23.4. The summed E-state index contributed by atoms with van der Waals surface area (Å²) in [6.45, 7) is 1.55. The molecule has 0 fully saturated rings. The summed E-state index contributed by atoms with van der Waals surface area (Å²) < 4.78 is 13.4. The molecule has 2 aromatic heterocycles. The molecule has 0 saturated heterocycles. The van der Waals surface area contributed by atoms with Crippen LogP contribution in [-0.2, 0) is 0 Å². The van der Waals surface area contributed by atoms with Gasteiger partial charge < -0.3 is 14.9 Å². The molecule has 0 aliphatic carbocycles. The fourth-order valence-corrected chi connectivity index (χ4v) is 0.760. The van der Waals surface area contributed by atoms with Crippen LogP contribution in [0.5, 0.6) is 11.8 Å². The Morgan fingerprint density at radius 3 is 2.47 bits per heavy atom. The van der Waals surface area contributed by atoms with E-state index in [1.165, 1.54) is 0 Å². The zero-order valence-electron chi connectivity index (χ0n) is 7.28. The monoisotopic (exact) mass is 213 g/mol. The van der Waals surface area contributed by atoms with Crippen molar-refractivity contribution in [3.63, 3.8) is 0 Å². The lowest BCUT2D eigenvalue weighted by atomic mass is 10.5. The normalized spacial score (nSPS) is 10.2. The summed E-state index contributed by atoms with van der Waals surface area (Å²) in [4.78, 5) is 9.60. The summed E-state index contributed by atoms with van der Waals surface area (Å²) in [5.41, 5.74) is 0.326. The van der Waals surface area contributed by atoms with Crippen LogP contribution in [0.4, 0.5) is 5.82 Å². The molecule has 0 amide bonds. The van der Waals surface area contributed by atoms with Gasteiger partial charge in [-0.1, -0.05) is 5.16 Å². The highest BCUT2D eigenvalue weighted by atomic mass is 16.7. The summed E-state index contributed by atoms with van der Waals surface area (Å²) in [6, 6.07) is 0. The topological polar surface area (TPSA) is 130 Å². The number of aromatic nitrogens is 4. The molecule has 0 spiro atoms. The lowest BCUT2D eigenvalue weighted by molar-refractivity contribution is -0.391. The molecule has 2 heterocycles. The molecule has 15 heavy (non-hydrogen) atoms. The van der Waals surface area contributed by atoms with Gasteiger partial charge in [0.2, 0.25) is 0 Å². The number of aryl methyl sites for hydroxylation is 1. The van der Waals surface area contributed by atoms with E-state index in [0.29, 0.717) is 5.69 Å². The minimum Gasteiger partial charge on any atom is -0.406 e. The average molecular weight is 213 g/mol. The zero-order chi connectivity index (χ0) is 10.8. The second-order valence-corrected chi connectivity index (χ2v) is 2.41. The molecule has 0 saturated carbocycles. The Labute approximate surface area is 80.9 Å². The minimum atomic E-state index is -0.797. The average Bonchev–Trinajstić information content (AvgIpc) is 2.77. The van der Waals surface area contributed by atoms with Crippen LogP contribution in [0, 0.1) is 17.0 Å². The molecular formula is C5H3N5O5. The number of hydrogen-bond acceptors (Lipinski definition) is 9. The van der Waals surface area contributed by atoms with E-state index in [4.69, 9.17) is 4.74 Å². The molecule has 0 atom stereocenters. The maximum atomic E-state index is 10.4.